The lowest BCUT2D eigenvalue weighted by atomic mass is 9.70. The molecule has 0 amide bonds. The lowest BCUT2D eigenvalue weighted by Crippen LogP contribution is -2.35. The van der Waals surface area contributed by atoms with Gasteiger partial charge in [0.1, 0.15) is 0 Å². The number of carbonyl (C=O) groups is 1. The number of carbonyl (C=O) groups excluding carboxylic acids is 1. The molecule has 0 heterocycles. The highest BCUT2D eigenvalue weighted by atomic mass is 16.5. The number of hydrogen-bond acceptors (Lipinski definition) is 4. The van der Waals surface area contributed by atoms with E-state index in [1.54, 1.807) is 0 Å². The highest BCUT2D eigenvalue weighted by Gasteiger charge is 2.32. The summed E-state index contributed by atoms with van der Waals surface area (Å²) in [5, 5.41) is 3.62. The van der Waals surface area contributed by atoms with Crippen LogP contribution in [0.5, 0.6) is 0 Å². The molecule has 23 heavy (non-hydrogen) atoms. The Balaban J connectivity index is 1.99. The molecule has 4 heteroatoms. The molecule has 0 saturated heterocycles. The van der Waals surface area contributed by atoms with Crippen molar-refractivity contribution in [3.05, 3.63) is 23.8 Å². The number of anilines is 2. The van der Waals surface area contributed by atoms with Crippen LogP contribution in [0.3, 0.4) is 0 Å². The van der Waals surface area contributed by atoms with Gasteiger partial charge >= 0.3 is 5.97 Å². The fourth-order valence-corrected chi connectivity index (χ4v) is 3.92. The number of methoxy groups -OCH3 is 1. The van der Waals surface area contributed by atoms with Crippen LogP contribution in [-0.2, 0) is 16.0 Å². The van der Waals surface area contributed by atoms with Gasteiger partial charge in [-0.15, -0.1) is 0 Å². The summed E-state index contributed by atoms with van der Waals surface area (Å²) in [5.41, 5.74) is 9.40. The fourth-order valence-electron chi connectivity index (χ4n) is 3.92. The summed E-state index contributed by atoms with van der Waals surface area (Å²) in [6.07, 6.45) is 4.68. The van der Waals surface area contributed by atoms with Gasteiger partial charge in [0.05, 0.1) is 18.5 Å². The van der Waals surface area contributed by atoms with E-state index >= 15 is 0 Å². The molecule has 1 aromatic rings. The van der Waals surface area contributed by atoms with Gasteiger partial charge in [0.15, 0.2) is 0 Å². The van der Waals surface area contributed by atoms with E-state index in [0.29, 0.717) is 24.3 Å². The van der Waals surface area contributed by atoms with Crippen LogP contribution in [-0.4, -0.2) is 19.1 Å². The van der Waals surface area contributed by atoms with E-state index in [1.807, 2.05) is 18.2 Å². The van der Waals surface area contributed by atoms with Crippen LogP contribution in [0.2, 0.25) is 0 Å². The Morgan fingerprint density at radius 2 is 2.13 bits per heavy atom. The summed E-state index contributed by atoms with van der Waals surface area (Å²) >= 11 is 0. The largest absolute Gasteiger partial charge is 0.469 e. The SMILES string of the molecule is COC(=O)CCc1ccc(NC2CC(C)CC(C)(C)C2)c(N)c1. The summed E-state index contributed by atoms with van der Waals surface area (Å²) in [5.74, 6) is 0.543. The monoisotopic (exact) mass is 318 g/mol. The molecule has 0 bridgehead atoms. The third-order valence-corrected chi connectivity index (χ3v) is 4.71. The van der Waals surface area contributed by atoms with E-state index in [2.05, 4.69) is 30.8 Å². The molecule has 1 aliphatic carbocycles. The minimum atomic E-state index is -0.191. The smallest absolute Gasteiger partial charge is 0.305 e. The maximum Gasteiger partial charge on any atom is 0.305 e. The molecule has 1 saturated carbocycles. The summed E-state index contributed by atoms with van der Waals surface area (Å²) in [7, 11) is 1.41. The number of ether oxygens (including phenoxy) is 1. The third-order valence-electron chi connectivity index (χ3n) is 4.71. The average Bonchev–Trinajstić information content (AvgIpc) is 2.45. The van der Waals surface area contributed by atoms with Gasteiger partial charge in [-0.05, 0) is 54.7 Å². The van der Waals surface area contributed by atoms with Crippen molar-refractivity contribution in [1.29, 1.82) is 0 Å². The Morgan fingerprint density at radius 3 is 2.74 bits per heavy atom. The second kappa shape index (κ2) is 7.24. The minimum absolute atomic E-state index is 0.191. The highest BCUT2D eigenvalue weighted by molar-refractivity contribution is 5.70. The van der Waals surface area contributed by atoms with Gasteiger partial charge in [0.2, 0.25) is 0 Å². The molecular weight excluding hydrogens is 288 g/mol. The molecule has 2 rings (SSSR count). The first kappa shape index (κ1) is 17.6. The first-order chi connectivity index (χ1) is 10.8. The second-order valence-electron chi connectivity index (χ2n) is 7.75. The summed E-state index contributed by atoms with van der Waals surface area (Å²) in [4.78, 5) is 11.2. The number of nitrogens with two attached hydrogens (primary N) is 1. The van der Waals surface area contributed by atoms with Gasteiger partial charge in [0.25, 0.3) is 0 Å². The Labute approximate surface area is 139 Å². The van der Waals surface area contributed by atoms with Gasteiger partial charge < -0.3 is 15.8 Å². The lowest BCUT2D eigenvalue weighted by molar-refractivity contribution is -0.140. The van der Waals surface area contributed by atoms with Gasteiger partial charge in [0, 0.05) is 12.5 Å². The fraction of sp³-hybridized carbons (Fsp3) is 0.632. The van der Waals surface area contributed by atoms with Crippen LogP contribution in [0.25, 0.3) is 0 Å². The van der Waals surface area contributed by atoms with Crippen LogP contribution in [0.4, 0.5) is 11.4 Å². The third kappa shape index (κ3) is 5.15. The predicted octanol–water partition coefficient (Wildman–Crippen LogP) is 4.00. The van der Waals surface area contributed by atoms with Crippen molar-refractivity contribution in [2.45, 2.75) is 58.9 Å². The van der Waals surface area contributed by atoms with E-state index in [4.69, 9.17) is 5.73 Å². The molecule has 3 N–H and O–H groups in total. The molecule has 2 unspecified atom stereocenters. The van der Waals surface area contributed by atoms with Crippen molar-refractivity contribution in [2.24, 2.45) is 11.3 Å². The number of rotatable bonds is 5. The molecule has 128 valence electrons. The van der Waals surface area contributed by atoms with Crippen LogP contribution in [0.15, 0.2) is 18.2 Å². The normalized spacial score (nSPS) is 23.3. The van der Waals surface area contributed by atoms with Crippen LogP contribution < -0.4 is 11.1 Å². The molecule has 2 atom stereocenters. The zero-order valence-electron chi connectivity index (χ0n) is 14.8. The topological polar surface area (TPSA) is 64.3 Å². The van der Waals surface area contributed by atoms with Gasteiger partial charge in [-0.1, -0.05) is 26.8 Å². The second-order valence-corrected chi connectivity index (χ2v) is 7.75. The summed E-state index contributed by atoms with van der Waals surface area (Å²) < 4.78 is 4.67. The number of nitrogen functional groups attached to an aromatic ring is 1. The van der Waals surface area contributed by atoms with Crippen molar-refractivity contribution in [1.82, 2.24) is 0 Å². The average molecular weight is 318 g/mol. The number of esters is 1. The van der Waals surface area contributed by atoms with Crippen molar-refractivity contribution in [3.8, 4) is 0 Å². The van der Waals surface area contributed by atoms with Crippen LogP contribution in [0.1, 0.15) is 52.0 Å². The van der Waals surface area contributed by atoms with Gasteiger partial charge in [-0.3, -0.25) is 4.79 Å². The van der Waals surface area contributed by atoms with E-state index < -0.39 is 0 Å². The number of hydrogen-bond donors (Lipinski definition) is 2. The molecule has 0 aliphatic heterocycles. The van der Waals surface area contributed by atoms with Gasteiger partial charge in [-0.25, -0.2) is 0 Å². The van der Waals surface area contributed by atoms with E-state index in [-0.39, 0.29) is 5.97 Å². The van der Waals surface area contributed by atoms with Crippen molar-refractivity contribution in [2.75, 3.05) is 18.2 Å². The first-order valence-electron chi connectivity index (χ1n) is 8.51. The zero-order chi connectivity index (χ0) is 17.0. The van der Waals surface area contributed by atoms with Crippen LogP contribution >= 0.6 is 0 Å². The Hall–Kier alpha value is -1.71. The molecule has 0 radical (unpaired) electrons. The number of nitrogens with one attached hydrogen (secondary N) is 1. The van der Waals surface area contributed by atoms with Crippen molar-refractivity contribution in [3.63, 3.8) is 0 Å². The van der Waals surface area contributed by atoms with Crippen molar-refractivity contribution >= 4 is 17.3 Å². The molecule has 0 aromatic heterocycles. The van der Waals surface area contributed by atoms with Gasteiger partial charge in [-0.2, -0.15) is 0 Å². The minimum Gasteiger partial charge on any atom is -0.469 e. The van der Waals surface area contributed by atoms with Crippen LogP contribution in [0, 0.1) is 11.3 Å². The zero-order valence-corrected chi connectivity index (χ0v) is 14.8. The van der Waals surface area contributed by atoms with E-state index in [1.165, 1.54) is 26.4 Å². The number of aryl methyl sites for hydroxylation is 1. The highest BCUT2D eigenvalue weighted by Crippen LogP contribution is 2.40. The molecule has 4 nitrogen and oxygen atoms in total. The molecule has 1 aliphatic rings. The summed E-state index contributed by atoms with van der Waals surface area (Å²) in [6.45, 7) is 7.02. The quantitative estimate of drug-likeness (QED) is 0.636. The van der Waals surface area contributed by atoms with E-state index in [9.17, 15) is 4.79 Å². The number of benzene rings is 1. The Morgan fingerprint density at radius 1 is 1.39 bits per heavy atom. The Bertz CT molecular complexity index is 554. The summed E-state index contributed by atoms with van der Waals surface area (Å²) in [6, 6.07) is 6.51. The molecule has 1 aromatic carbocycles. The molecule has 1 fully saturated rings. The van der Waals surface area contributed by atoms with E-state index in [0.717, 1.165) is 22.9 Å². The molecule has 0 spiro atoms. The Kier molecular flexibility index (Phi) is 5.55. The first-order valence-corrected chi connectivity index (χ1v) is 8.51. The molecular formula is C19H30N2O2. The standard InChI is InChI=1S/C19H30N2O2/c1-13-9-15(12-19(2,3)11-13)21-17-7-5-14(10-16(17)20)6-8-18(22)23-4/h5,7,10,13,15,21H,6,8-9,11-12,20H2,1-4H3. The van der Waals surface area contributed by atoms with Crippen molar-refractivity contribution < 1.29 is 9.53 Å². The lowest BCUT2D eigenvalue weighted by Gasteiger charge is -2.39. The maximum absolute atomic E-state index is 11.2. The predicted molar refractivity (Wildman–Crippen MR) is 95.4 cm³/mol. The maximum atomic E-state index is 11.2.